The highest BCUT2D eigenvalue weighted by molar-refractivity contribution is 5.95. The van der Waals surface area contributed by atoms with Crippen LogP contribution in [0.5, 0.6) is 0 Å². The van der Waals surface area contributed by atoms with Crippen molar-refractivity contribution in [1.29, 1.82) is 0 Å². The minimum Gasteiger partial charge on any atom is -0.352 e. The summed E-state index contributed by atoms with van der Waals surface area (Å²) >= 11 is 0. The molecule has 0 saturated heterocycles. The smallest absolute Gasteiger partial charge is 0.319 e. The third-order valence-corrected chi connectivity index (χ3v) is 3.23. The van der Waals surface area contributed by atoms with Crippen LogP contribution in [-0.2, 0) is 6.54 Å². The summed E-state index contributed by atoms with van der Waals surface area (Å²) in [5.74, 6) is 0.285. The van der Waals surface area contributed by atoms with Gasteiger partial charge in [0.2, 0.25) is 0 Å². The number of urea groups is 1. The highest BCUT2D eigenvalue weighted by Gasteiger charge is 2.07. The first-order valence-electron chi connectivity index (χ1n) is 7.87. The second-order valence-corrected chi connectivity index (χ2v) is 5.81. The summed E-state index contributed by atoms with van der Waals surface area (Å²) in [6, 6.07) is 12.0. The van der Waals surface area contributed by atoms with Crippen molar-refractivity contribution >= 4 is 17.6 Å². The van der Waals surface area contributed by atoms with Gasteiger partial charge in [0.05, 0.1) is 12.2 Å². The fourth-order valence-corrected chi connectivity index (χ4v) is 1.95. The van der Waals surface area contributed by atoms with Gasteiger partial charge in [-0.25, -0.2) is 4.79 Å². The van der Waals surface area contributed by atoms with Crippen molar-refractivity contribution in [3.8, 4) is 0 Å². The van der Waals surface area contributed by atoms with E-state index in [1.165, 1.54) is 0 Å². The number of hydrogen-bond acceptors (Lipinski definition) is 3. The van der Waals surface area contributed by atoms with Crippen molar-refractivity contribution < 1.29 is 9.59 Å². The van der Waals surface area contributed by atoms with Gasteiger partial charge in [0.25, 0.3) is 5.91 Å². The van der Waals surface area contributed by atoms with Crippen molar-refractivity contribution in [1.82, 2.24) is 15.6 Å². The van der Waals surface area contributed by atoms with Gasteiger partial charge in [-0.3, -0.25) is 9.78 Å². The van der Waals surface area contributed by atoms with E-state index in [2.05, 4.69) is 20.9 Å². The van der Waals surface area contributed by atoms with Crippen LogP contribution in [0, 0.1) is 5.92 Å². The monoisotopic (exact) mass is 326 g/mol. The fourth-order valence-electron chi connectivity index (χ4n) is 1.95. The summed E-state index contributed by atoms with van der Waals surface area (Å²) < 4.78 is 0. The number of hydrogen-bond donors (Lipinski definition) is 3. The number of nitrogens with one attached hydrogen (secondary N) is 3. The number of benzene rings is 1. The Hall–Kier alpha value is -2.89. The molecule has 126 valence electrons. The topological polar surface area (TPSA) is 83.1 Å². The molecule has 0 bridgehead atoms. The zero-order chi connectivity index (χ0) is 17.4. The molecule has 0 saturated carbocycles. The zero-order valence-electron chi connectivity index (χ0n) is 13.9. The second-order valence-electron chi connectivity index (χ2n) is 5.81. The van der Waals surface area contributed by atoms with E-state index >= 15 is 0 Å². The number of rotatable bonds is 6. The van der Waals surface area contributed by atoms with E-state index in [1.807, 2.05) is 32.0 Å². The van der Waals surface area contributed by atoms with E-state index in [4.69, 9.17) is 0 Å². The highest BCUT2D eigenvalue weighted by atomic mass is 16.2. The van der Waals surface area contributed by atoms with Crippen LogP contribution < -0.4 is 16.0 Å². The van der Waals surface area contributed by atoms with Gasteiger partial charge in [0.1, 0.15) is 0 Å². The van der Waals surface area contributed by atoms with Gasteiger partial charge >= 0.3 is 6.03 Å². The molecule has 3 amide bonds. The molecule has 0 spiro atoms. The molecule has 0 unspecified atom stereocenters. The Balaban J connectivity index is 1.82. The molecule has 1 aromatic heterocycles. The number of aromatic nitrogens is 1. The Kier molecular flexibility index (Phi) is 6.31. The van der Waals surface area contributed by atoms with E-state index in [0.717, 1.165) is 5.69 Å². The van der Waals surface area contributed by atoms with Crippen LogP contribution in [0.4, 0.5) is 10.5 Å². The Labute approximate surface area is 141 Å². The van der Waals surface area contributed by atoms with Crippen molar-refractivity contribution in [3.63, 3.8) is 0 Å². The summed E-state index contributed by atoms with van der Waals surface area (Å²) in [6.45, 7) is 5.06. The Morgan fingerprint density at radius 1 is 1.04 bits per heavy atom. The maximum absolute atomic E-state index is 11.9. The number of pyridine rings is 1. The largest absolute Gasteiger partial charge is 0.352 e. The highest BCUT2D eigenvalue weighted by Crippen LogP contribution is 2.09. The third kappa shape index (κ3) is 5.72. The van der Waals surface area contributed by atoms with Gasteiger partial charge in [0, 0.05) is 24.0 Å². The minimum atomic E-state index is -0.322. The van der Waals surface area contributed by atoms with Gasteiger partial charge in [-0.1, -0.05) is 19.9 Å². The van der Waals surface area contributed by atoms with Crippen LogP contribution in [0.3, 0.4) is 0 Å². The van der Waals surface area contributed by atoms with Gasteiger partial charge in [-0.2, -0.15) is 0 Å². The maximum atomic E-state index is 11.9. The average Bonchev–Trinajstić information content (AvgIpc) is 2.59. The van der Waals surface area contributed by atoms with Crippen molar-refractivity contribution in [3.05, 3.63) is 59.9 Å². The molecule has 0 aliphatic rings. The quantitative estimate of drug-likeness (QED) is 0.763. The molecule has 0 fully saturated rings. The molecule has 0 aliphatic heterocycles. The number of carbonyl (C=O) groups is 2. The molecule has 24 heavy (non-hydrogen) atoms. The number of nitrogens with zero attached hydrogens (tertiary/aromatic N) is 1. The van der Waals surface area contributed by atoms with E-state index < -0.39 is 0 Å². The molecule has 0 atom stereocenters. The van der Waals surface area contributed by atoms with E-state index in [0.29, 0.717) is 30.3 Å². The molecule has 1 aromatic carbocycles. The Morgan fingerprint density at radius 2 is 1.79 bits per heavy atom. The minimum absolute atomic E-state index is 0.116. The van der Waals surface area contributed by atoms with Crippen LogP contribution in [0.15, 0.2) is 48.7 Å². The fraction of sp³-hybridized carbons (Fsp3) is 0.278. The predicted molar refractivity (Wildman–Crippen MR) is 93.7 cm³/mol. The molecular formula is C18H22N4O2. The van der Waals surface area contributed by atoms with Crippen LogP contribution in [0.2, 0.25) is 0 Å². The van der Waals surface area contributed by atoms with Crippen molar-refractivity contribution in [2.45, 2.75) is 20.4 Å². The third-order valence-electron chi connectivity index (χ3n) is 3.23. The first-order chi connectivity index (χ1) is 11.5. The molecule has 6 heteroatoms. The molecule has 0 aliphatic carbocycles. The predicted octanol–water partition coefficient (Wildman–Crippen LogP) is 2.79. The molecule has 0 radical (unpaired) electrons. The van der Waals surface area contributed by atoms with Crippen LogP contribution in [0.1, 0.15) is 29.9 Å². The van der Waals surface area contributed by atoms with E-state index in [9.17, 15) is 9.59 Å². The van der Waals surface area contributed by atoms with Crippen LogP contribution in [0.25, 0.3) is 0 Å². The summed E-state index contributed by atoms with van der Waals surface area (Å²) in [5.41, 5.74) is 1.97. The first-order valence-corrected chi connectivity index (χ1v) is 7.87. The van der Waals surface area contributed by atoms with Gasteiger partial charge in [-0.05, 0) is 42.3 Å². The van der Waals surface area contributed by atoms with Gasteiger partial charge in [0.15, 0.2) is 0 Å². The molecule has 6 nitrogen and oxygen atoms in total. The van der Waals surface area contributed by atoms with E-state index in [-0.39, 0.29) is 11.9 Å². The zero-order valence-corrected chi connectivity index (χ0v) is 13.9. The average molecular weight is 326 g/mol. The SMILES string of the molecule is CC(C)CNC(=O)c1ccc(NC(=O)NCc2ccccn2)cc1. The summed E-state index contributed by atoms with van der Waals surface area (Å²) in [7, 11) is 0. The molecule has 2 rings (SSSR count). The number of carbonyl (C=O) groups excluding carboxylic acids is 2. The van der Waals surface area contributed by atoms with Gasteiger partial charge in [-0.15, -0.1) is 0 Å². The summed E-state index contributed by atoms with van der Waals surface area (Å²) in [5, 5.41) is 8.30. The lowest BCUT2D eigenvalue weighted by Crippen LogP contribution is -2.29. The molecule has 1 heterocycles. The lowest BCUT2D eigenvalue weighted by Gasteiger charge is -2.09. The summed E-state index contributed by atoms with van der Waals surface area (Å²) in [4.78, 5) is 27.9. The molecular weight excluding hydrogens is 304 g/mol. The van der Waals surface area contributed by atoms with Crippen LogP contribution >= 0.6 is 0 Å². The van der Waals surface area contributed by atoms with Crippen molar-refractivity contribution in [2.75, 3.05) is 11.9 Å². The maximum Gasteiger partial charge on any atom is 0.319 e. The number of anilines is 1. The number of amides is 3. The van der Waals surface area contributed by atoms with Crippen LogP contribution in [-0.4, -0.2) is 23.5 Å². The van der Waals surface area contributed by atoms with E-state index in [1.54, 1.807) is 30.5 Å². The Morgan fingerprint density at radius 3 is 2.42 bits per heavy atom. The lowest BCUT2D eigenvalue weighted by atomic mass is 10.1. The summed E-state index contributed by atoms with van der Waals surface area (Å²) in [6.07, 6.45) is 1.68. The van der Waals surface area contributed by atoms with Crippen molar-refractivity contribution in [2.24, 2.45) is 5.92 Å². The first kappa shape index (κ1) is 17.5. The lowest BCUT2D eigenvalue weighted by molar-refractivity contribution is 0.0949. The second kappa shape index (κ2) is 8.67. The normalized spacial score (nSPS) is 10.3. The molecule has 3 N–H and O–H groups in total. The molecule has 2 aromatic rings. The van der Waals surface area contributed by atoms with Gasteiger partial charge < -0.3 is 16.0 Å². The Bertz CT molecular complexity index is 669. The standard InChI is InChI=1S/C18H22N4O2/c1-13(2)11-20-17(23)14-6-8-15(9-7-14)22-18(24)21-12-16-5-3-4-10-19-16/h3-10,13H,11-12H2,1-2H3,(H,20,23)(H2,21,22,24).